The van der Waals surface area contributed by atoms with Gasteiger partial charge in [-0.3, -0.25) is 0 Å². The first kappa shape index (κ1) is 13.8. The summed E-state index contributed by atoms with van der Waals surface area (Å²) < 4.78 is 5.35. The number of hydrogen-bond donors (Lipinski definition) is 0. The molecule has 0 aromatic rings. The predicted molar refractivity (Wildman–Crippen MR) is 65.4 cm³/mol. The number of amides is 1. The average Bonchev–Trinajstić information content (AvgIpc) is 2.14. The number of hydrogen-bond acceptors (Lipinski definition) is 3. The Morgan fingerprint density at radius 1 is 1.53 bits per heavy atom. The number of carbonyl (C=O) groups excluding carboxylic acids is 1. The van der Waals surface area contributed by atoms with Gasteiger partial charge < -0.3 is 9.64 Å². The van der Waals surface area contributed by atoms with Crippen LogP contribution in [0, 0.1) is 16.7 Å². The van der Waals surface area contributed by atoms with E-state index >= 15 is 0 Å². The molecule has 0 saturated carbocycles. The van der Waals surface area contributed by atoms with Crippen molar-refractivity contribution >= 4 is 6.09 Å². The van der Waals surface area contributed by atoms with E-state index < -0.39 is 5.60 Å². The highest BCUT2D eigenvalue weighted by atomic mass is 16.6. The van der Waals surface area contributed by atoms with Gasteiger partial charge in [0, 0.05) is 19.5 Å². The summed E-state index contributed by atoms with van der Waals surface area (Å²) in [5.41, 5.74) is -0.538. The van der Waals surface area contributed by atoms with E-state index in [0.29, 0.717) is 13.0 Å². The summed E-state index contributed by atoms with van der Waals surface area (Å²) in [4.78, 5) is 13.7. The lowest BCUT2D eigenvalue weighted by Crippen LogP contribution is -2.46. The Bertz CT molecular complexity index is 327. The fourth-order valence-electron chi connectivity index (χ4n) is 2.13. The Morgan fingerprint density at radius 3 is 2.71 bits per heavy atom. The lowest BCUT2D eigenvalue weighted by Gasteiger charge is -2.39. The normalized spacial score (nSPS) is 25.2. The van der Waals surface area contributed by atoms with Crippen molar-refractivity contribution in [1.82, 2.24) is 4.90 Å². The van der Waals surface area contributed by atoms with Crippen molar-refractivity contribution in [2.24, 2.45) is 5.41 Å². The molecule has 17 heavy (non-hydrogen) atoms. The summed E-state index contributed by atoms with van der Waals surface area (Å²) in [6, 6.07) is 2.21. The second-order valence-electron chi connectivity index (χ2n) is 6.15. The van der Waals surface area contributed by atoms with E-state index in [1.165, 1.54) is 0 Å². The summed E-state index contributed by atoms with van der Waals surface area (Å²) in [7, 11) is 0. The molecular weight excluding hydrogens is 216 g/mol. The third-order valence-electron chi connectivity index (χ3n) is 2.94. The first-order valence-electron chi connectivity index (χ1n) is 6.11. The van der Waals surface area contributed by atoms with E-state index in [9.17, 15) is 4.79 Å². The van der Waals surface area contributed by atoms with Gasteiger partial charge >= 0.3 is 6.09 Å². The zero-order valence-electron chi connectivity index (χ0n) is 11.2. The largest absolute Gasteiger partial charge is 0.444 e. The summed E-state index contributed by atoms with van der Waals surface area (Å²) in [6.45, 7) is 9.01. The summed E-state index contributed by atoms with van der Waals surface area (Å²) in [5, 5.41) is 8.81. The van der Waals surface area contributed by atoms with E-state index in [2.05, 4.69) is 13.0 Å². The molecule has 1 fully saturated rings. The van der Waals surface area contributed by atoms with Crippen molar-refractivity contribution in [3.05, 3.63) is 0 Å². The van der Waals surface area contributed by atoms with Crippen LogP contribution in [0.2, 0.25) is 0 Å². The molecule has 4 heteroatoms. The fraction of sp³-hybridized carbons (Fsp3) is 0.846. The third kappa shape index (κ3) is 4.26. The summed E-state index contributed by atoms with van der Waals surface area (Å²) >= 11 is 0. The molecule has 4 nitrogen and oxygen atoms in total. The molecule has 0 bridgehead atoms. The highest BCUT2D eigenvalue weighted by Gasteiger charge is 2.34. The Morgan fingerprint density at radius 2 is 2.18 bits per heavy atom. The molecule has 0 radical (unpaired) electrons. The van der Waals surface area contributed by atoms with Crippen molar-refractivity contribution in [2.45, 2.75) is 52.6 Å². The molecule has 0 aromatic carbocycles. The third-order valence-corrected chi connectivity index (χ3v) is 2.94. The van der Waals surface area contributed by atoms with Gasteiger partial charge in [0.05, 0.1) is 6.07 Å². The Balaban J connectivity index is 2.61. The smallest absolute Gasteiger partial charge is 0.410 e. The van der Waals surface area contributed by atoms with Crippen molar-refractivity contribution < 1.29 is 9.53 Å². The van der Waals surface area contributed by atoms with E-state index in [1.807, 2.05) is 20.8 Å². The van der Waals surface area contributed by atoms with E-state index in [4.69, 9.17) is 10.00 Å². The molecule has 1 saturated heterocycles. The molecule has 0 spiro atoms. The van der Waals surface area contributed by atoms with Gasteiger partial charge in [-0.05, 0) is 39.0 Å². The second-order valence-corrected chi connectivity index (χ2v) is 6.15. The molecule has 1 aliphatic rings. The van der Waals surface area contributed by atoms with Gasteiger partial charge in [-0.25, -0.2) is 4.79 Å². The lowest BCUT2D eigenvalue weighted by molar-refractivity contribution is 0.00727. The number of piperidine rings is 1. The lowest BCUT2D eigenvalue weighted by atomic mass is 9.79. The summed E-state index contributed by atoms with van der Waals surface area (Å²) in [5.74, 6) is 0. The maximum Gasteiger partial charge on any atom is 0.410 e. The van der Waals surface area contributed by atoms with Crippen LogP contribution in [0.25, 0.3) is 0 Å². The molecule has 1 amide bonds. The van der Waals surface area contributed by atoms with Crippen LogP contribution in [0.1, 0.15) is 47.0 Å². The molecule has 1 atom stereocenters. The summed E-state index contributed by atoms with van der Waals surface area (Å²) in [6.07, 6.45) is 2.17. The van der Waals surface area contributed by atoms with Crippen molar-refractivity contribution in [2.75, 3.05) is 13.1 Å². The zero-order valence-corrected chi connectivity index (χ0v) is 11.2. The van der Waals surface area contributed by atoms with Gasteiger partial charge in [0.1, 0.15) is 5.60 Å². The van der Waals surface area contributed by atoms with Crippen LogP contribution in [0.5, 0.6) is 0 Å². The monoisotopic (exact) mass is 238 g/mol. The quantitative estimate of drug-likeness (QED) is 0.705. The van der Waals surface area contributed by atoms with Gasteiger partial charge in [-0.15, -0.1) is 0 Å². The molecule has 96 valence electrons. The van der Waals surface area contributed by atoms with Gasteiger partial charge in [-0.2, -0.15) is 5.26 Å². The molecule has 0 aliphatic carbocycles. The second kappa shape index (κ2) is 4.95. The van der Waals surface area contributed by atoms with E-state index in [1.54, 1.807) is 4.90 Å². The van der Waals surface area contributed by atoms with Gasteiger partial charge in [0.15, 0.2) is 0 Å². The molecule has 0 aromatic heterocycles. The number of rotatable bonds is 1. The van der Waals surface area contributed by atoms with Crippen molar-refractivity contribution in [3.63, 3.8) is 0 Å². The highest BCUT2D eigenvalue weighted by molar-refractivity contribution is 5.68. The van der Waals surface area contributed by atoms with E-state index in [-0.39, 0.29) is 11.5 Å². The minimum absolute atomic E-state index is 0.0795. The highest BCUT2D eigenvalue weighted by Crippen LogP contribution is 2.33. The number of likely N-dealkylation sites (tertiary alicyclic amines) is 1. The molecule has 1 heterocycles. The fourth-order valence-corrected chi connectivity index (χ4v) is 2.13. The maximum absolute atomic E-state index is 11.9. The van der Waals surface area contributed by atoms with E-state index in [0.717, 1.165) is 19.4 Å². The van der Waals surface area contributed by atoms with Crippen molar-refractivity contribution in [3.8, 4) is 6.07 Å². The number of nitriles is 1. The number of ether oxygens (including phenoxy) is 1. The number of nitrogens with zero attached hydrogens (tertiary/aromatic N) is 2. The minimum Gasteiger partial charge on any atom is -0.444 e. The van der Waals surface area contributed by atoms with Crippen LogP contribution in [-0.4, -0.2) is 29.7 Å². The average molecular weight is 238 g/mol. The van der Waals surface area contributed by atoms with Crippen molar-refractivity contribution in [1.29, 1.82) is 5.26 Å². The Hall–Kier alpha value is -1.24. The first-order valence-corrected chi connectivity index (χ1v) is 6.11. The minimum atomic E-state index is -0.458. The maximum atomic E-state index is 11.9. The van der Waals surface area contributed by atoms with Gasteiger partial charge in [0.25, 0.3) is 0 Å². The van der Waals surface area contributed by atoms with Crippen LogP contribution < -0.4 is 0 Å². The molecule has 1 rings (SSSR count). The molecule has 0 unspecified atom stereocenters. The van der Waals surface area contributed by atoms with Crippen LogP contribution in [0.15, 0.2) is 0 Å². The first-order chi connectivity index (χ1) is 7.76. The number of carbonyl (C=O) groups is 1. The Kier molecular flexibility index (Phi) is 4.03. The van der Waals surface area contributed by atoms with Crippen LogP contribution in [0.3, 0.4) is 0 Å². The topological polar surface area (TPSA) is 53.3 Å². The van der Waals surface area contributed by atoms with Gasteiger partial charge in [0.2, 0.25) is 0 Å². The Labute approximate surface area is 104 Å². The molecular formula is C13H22N2O2. The van der Waals surface area contributed by atoms with Crippen LogP contribution >= 0.6 is 0 Å². The molecule has 1 aliphatic heterocycles. The standard InChI is InChI=1S/C13H22N2O2/c1-12(2,3)17-11(16)15-9-5-6-13(4,10-15)7-8-14/h5-7,9-10H2,1-4H3/t13-/m0/s1. The van der Waals surface area contributed by atoms with Gasteiger partial charge in [-0.1, -0.05) is 6.92 Å². The zero-order chi connectivity index (χ0) is 13.1. The predicted octanol–water partition coefficient (Wildman–Crippen LogP) is 2.94. The van der Waals surface area contributed by atoms with Crippen LogP contribution in [0.4, 0.5) is 4.79 Å². The molecule has 0 N–H and O–H groups in total. The SMILES string of the molecule is CC(C)(C)OC(=O)N1CCC[C@@](C)(CC#N)C1. The van der Waals surface area contributed by atoms with Crippen LogP contribution in [-0.2, 0) is 4.74 Å².